The van der Waals surface area contributed by atoms with Gasteiger partial charge in [-0.3, -0.25) is 0 Å². The van der Waals surface area contributed by atoms with Gasteiger partial charge in [-0.2, -0.15) is 0 Å². The summed E-state index contributed by atoms with van der Waals surface area (Å²) in [5.74, 6) is -0.887. The molecule has 4 nitrogen and oxygen atoms in total. The summed E-state index contributed by atoms with van der Waals surface area (Å²) in [6, 6.07) is 17.6. The van der Waals surface area contributed by atoms with Crippen LogP contribution in [-0.4, -0.2) is 31.1 Å². The van der Waals surface area contributed by atoms with E-state index in [1.54, 1.807) is 48.5 Å². The number of benzene rings is 2. The molecule has 0 unspecified atom stereocenters. The molecule has 0 atom stereocenters. The van der Waals surface area contributed by atoms with E-state index in [0.29, 0.717) is 20.0 Å². The molecule has 0 radical (unpaired) electrons. The third-order valence-electron chi connectivity index (χ3n) is 3.91. The maximum absolute atomic E-state index is 12.7. The van der Waals surface area contributed by atoms with Crippen molar-refractivity contribution in [1.82, 2.24) is 0 Å². The quantitative estimate of drug-likeness (QED) is 0.388. The van der Waals surface area contributed by atoms with Crippen LogP contribution in [0, 0.1) is 0 Å². The van der Waals surface area contributed by atoms with Crippen molar-refractivity contribution in [3.63, 3.8) is 0 Å². The molecular weight excluding hydrogens is 447 g/mol. The van der Waals surface area contributed by atoms with Crippen LogP contribution in [0.25, 0.3) is 0 Å². The molecule has 0 aliphatic rings. The molecule has 5 heteroatoms. The van der Waals surface area contributed by atoms with Gasteiger partial charge in [0.05, 0.1) is 0 Å². The van der Waals surface area contributed by atoms with E-state index in [1.165, 1.54) is 0 Å². The van der Waals surface area contributed by atoms with Crippen molar-refractivity contribution >= 4 is 31.1 Å². The van der Waals surface area contributed by atoms with Crippen LogP contribution in [0.1, 0.15) is 34.6 Å². The van der Waals surface area contributed by atoms with Gasteiger partial charge in [0.25, 0.3) is 0 Å². The Bertz CT molecular complexity index is 728. The summed E-state index contributed by atoms with van der Waals surface area (Å²) < 4.78 is 12.8. The minimum atomic E-state index is -4.12. The van der Waals surface area contributed by atoms with E-state index in [4.69, 9.17) is 6.15 Å². The zero-order chi connectivity index (χ0) is 19.5. The van der Waals surface area contributed by atoms with Gasteiger partial charge in [-0.25, -0.2) is 0 Å². The van der Waals surface area contributed by atoms with Crippen LogP contribution in [0.3, 0.4) is 0 Å². The molecule has 0 aromatic heterocycles. The van der Waals surface area contributed by atoms with Crippen LogP contribution in [0.4, 0.5) is 0 Å². The zero-order valence-electron chi connectivity index (χ0n) is 15.6. The van der Waals surface area contributed by atoms with Crippen LogP contribution in [-0.2, 0) is 6.15 Å². The van der Waals surface area contributed by atoms with Crippen molar-refractivity contribution < 1.29 is 15.7 Å². The van der Waals surface area contributed by atoms with Crippen LogP contribution in [0.15, 0.2) is 85.0 Å². The Hall–Kier alpha value is -2.34. The normalized spacial score (nSPS) is 11.6. The Balaban J connectivity index is 2.32. The summed E-state index contributed by atoms with van der Waals surface area (Å²) in [7, 11) is 0. The van der Waals surface area contributed by atoms with E-state index in [-0.39, 0.29) is 0 Å². The summed E-state index contributed by atoms with van der Waals surface area (Å²) in [4.78, 5) is 25.4. The molecule has 2 aromatic carbocycles. The molecule has 0 amide bonds. The van der Waals surface area contributed by atoms with Crippen LogP contribution < -0.4 is 0 Å². The minimum absolute atomic E-state index is 0.443. The molecule has 0 aliphatic carbocycles. The average molecular weight is 471 g/mol. The first-order valence-electron chi connectivity index (χ1n) is 8.89. The maximum atomic E-state index is 12.7. The fraction of sp³-hybridized carbons (Fsp3) is 0.182. The van der Waals surface area contributed by atoms with E-state index in [2.05, 4.69) is 0 Å². The van der Waals surface area contributed by atoms with Gasteiger partial charge in [0.15, 0.2) is 0 Å². The third-order valence-corrected chi connectivity index (χ3v) is 12.0. The molecule has 0 aliphatic heterocycles. The van der Waals surface area contributed by atoms with Gasteiger partial charge in [-0.05, 0) is 0 Å². The molecule has 0 bridgehead atoms. The molecular formula is C22H24O4Sn. The van der Waals surface area contributed by atoms with Gasteiger partial charge in [0.2, 0.25) is 0 Å². The van der Waals surface area contributed by atoms with Gasteiger partial charge in [0, 0.05) is 0 Å². The van der Waals surface area contributed by atoms with Crippen molar-refractivity contribution in [3.05, 3.63) is 96.1 Å². The van der Waals surface area contributed by atoms with E-state index >= 15 is 0 Å². The van der Waals surface area contributed by atoms with E-state index in [1.807, 2.05) is 50.3 Å². The van der Waals surface area contributed by atoms with Crippen molar-refractivity contribution in [2.24, 2.45) is 0 Å². The van der Waals surface area contributed by atoms with Crippen molar-refractivity contribution in [2.45, 2.75) is 22.7 Å². The summed E-state index contributed by atoms with van der Waals surface area (Å²) in [6.07, 6.45) is 7.59. The van der Waals surface area contributed by atoms with Crippen LogP contribution in [0.5, 0.6) is 0 Å². The van der Waals surface area contributed by atoms with Crippen molar-refractivity contribution in [3.8, 4) is 0 Å². The van der Waals surface area contributed by atoms with Gasteiger partial charge in [-0.1, -0.05) is 0 Å². The Morgan fingerprint density at radius 1 is 0.741 bits per heavy atom. The van der Waals surface area contributed by atoms with Gasteiger partial charge >= 0.3 is 166 Å². The second-order valence-corrected chi connectivity index (χ2v) is 14.7. The first kappa shape index (κ1) is 21.0. The first-order chi connectivity index (χ1) is 13.1. The summed E-state index contributed by atoms with van der Waals surface area (Å²) in [5, 5.41) is 0. The fourth-order valence-corrected chi connectivity index (χ4v) is 10.0. The number of carbonyl (C=O) groups is 2. The summed E-state index contributed by atoms with van der Waals surface area (Å²) in [5.41, 5.74) is 0.908. The van der Waals surface area contributed by atoms with Crippen LogP contribution in [0.2, 0.25) is 8.87 Å². The molecule has 0 N–H and O–H groups in total. The van der Waals surface area contributed by atoms with Crippen molar-refractivity contribution in [1.29, 1.82) is 0 Å². The Labute approximate surface area is 165 Å². The molecule has 0 heterocycles. The standard InChI is InChI=1S/2C7H6O2.2C4H7.Sn/c2*8-7(9)6-4-2-1-3-5-6;2*1-3-4-2;/h2*1-5H,(H,8,9);2*3-4H,1H2,2H3;/q;;;;+2/p-2. The molecule has 0 saturated heterocycles. The second-order valence-electron chi connectivity index (χ2n) is 5.97. The SMILES string of the molecule is CC=C[CH2][Sn]([CH2]C=CC)([O]C(=O)c1ccccc1)[O]C(=O)c1ccccc1. The van der Waals surface area contributed by atoms with Gasteiger partial charge in [-0.15, -0.1) is 0 Å². The summed E-state index contributed by atoms with van der Waals surface area (Å²) >= 11 is -4.12. The van der Waals surface area contributed by atoms with Gasteiger partial charge < -0.3 is 0 Å². The van der Waals surface area contributed by atoms with E-state index in [0.717, 1.165) is 0 Å². The van der Waals surface area contributed by atoms with E-state index < -0.39 is 31.1 Å². The Morgan fingerprint density at radius 2 is 1.11 bits per heavy atom. The average Bonchev–Trinajstić information content (AvgIpc) is 2.72. The van der Waals surface area contributed by atoms with E-state index in [9.17, 15) is 9.59 Å². The Morgan fingerprint density at radius 3 is 1.44 bits per heavy atom. The molecule has 140 valence electrons. The molecule has 27 heavy (non-hydrogen) atoms. The zero-order valence-corrected chi connectivity index (χ0v) is 18.5. The molecule has 2 rings (SSSR count). The monoisotopic (exact) mass is 472 g/mol. The summed E-state index contributed by atoms with van der Waals surface area (Å²) in [6.45, 7) is 3.79. The first-order valence-corrected chi connectivity index (χ1v) is 15.3. The molecule has 0 saturated carbocycles. The predicted octanol–water partition coefficient (Wildman–Crippen LogP) is 5.29. The third kappa shape index (κ3) is 6.40. The fourth-order valence-electron chi connectivity index (χ4n) is 2.47. The Kier molecular flexibility index (Phi) is 8.33. The number of rotatable bonds is 8. The topological polar surface area (TPSA) is 52.6 Å². The van der Waals surface area contributed by atoms with Gasteiger partial charge in [0.1, 0.15) is 0 Å². The number of hydrogen-bond acceptors (Lipinski definition) is 4. The van der Waals surface area contributed by atoms with Crippen LogP contribution >= 0.6 is 0 Å². The number of hydrogen-bond donors (Lipinski definition) is 0. The molecule has 0 spiro atoms. The number of allylic oxidation sites excluding steroid dienone is 4. The predicted molar refractivity (Wildman–Crippen MR) is 109 cm³/mol. The molecule has 2 aromatic rings. The molecule has 0 fully saturated rings. The number of carbonyl (C=O) groups excluding carboxylic acids is 2. The second kappa shape index (κ2) is 10.7. The van der Waals surface area contributed by atoms with Crippen molar-refractivity contribution in [2.75, 3.05) is 0 Å².